The summed E-state index contributed by atoms with van der Waals surface area (Å²) in [5.41, 5.74) is 1.99. The molecule has 0 radical (unpaired) electrons. The Balaban J connectivity index is 1.79. The van der Waals surface area contributed by atoms with Crippen LogP contribution in [-0.2, 0) is 9.59 Å². The van der Waals surface area contributed by atoms with E-state index in [1.165, 1.54) is 28.0 Å². The molecule has 0 saturated heterocycles. The molecule has 1 fully saturated rings. The minimum absolute atomic E-state index is 0.131. The molecule has 168 valence electrons. The van der Waals surface area contributed by atoms with Crippen molar-refractivity contribution in [2.24, 2.45) is 5.92 Å². The maximum absolute atomic E-state index is 14.9. The number of carbonyl (C=O) groups excluding carboxylic acids is 2. The van der Waals surface area contributed by atoms with Crippen LogP contribution in [0.25, 0.3) is 5.69 Å². The molecule has 1 unspecified atom stereocenters. The molecular formula is C25H24FN5O2. The molecule has 1 heterocycles. The molecule has 8 heteroatoms. The van der Waals surface area contributed by atoms with E-state index in [0.29, 0.717) is 11.4 Å². The number of aryl methyl sites for hydroxylation is 1. The van der Waals surface area contributed by atoms with Gasteiger partial charge in [0.25, 0.3) is 0 Å². The van der Waals surface area contributed by atoms with E-state index in [0.717, 1.165) is 31.2 Å². The number of halogens is 1. The highest BCUT2D eigenvalue weighted by atomic mass is 19.1. The normalized spacial score (nSPS) is 14.6. The molecule has 1 amide bonds. The fraction of sp³-hybridized carbons (Fsp3) is 0.320. The van der Waals surface area contributed by atoms with Crippen LogP contribution in [0.1, 0.15) is 49.3 Å². The number of tetrazole rings is 1. The Kier molecular flexibility index (Phi) is 6.59. The van der Waals surface area contributed by atoms with Crippen molar-refractivity contribution < 1.29 is 14.0 Å². The lowest BCUT2D eigenvalue weighted by Crippen LogP contribution is -2.39. The molecule has 0 bridgehead atoms. The summed E-state index contributed by atoms with van der Waals surface area (Å²) >= 11 is 0. The van der Waals surface area contributed by atoms with Crippen LogP contribution in [0, 0.1) is 31.0 Å². The fourth-order valence-electron chi connectivity index (χ4n) is 4.54. The number of amides is 1. The highest BCUT2D eigenvalue weighted by molar-refractivity contribution is 6.10. The maximum atomic E-state index is 14.9. The van der Waals surface area contributed by atoms with Crippen LogP contribution in [0.3, 0.4) is 0 Å². The molecule has 1 aliphatic rings. The Morgan fingerprint density at radius 1 is 1.24 bits per heavy atom. The SMILES string of the molecule is C#CC(=O)N(c1ccc(-n2cnnn2)c(C)c1)C(C(=O)CC1CCCC1)c1ccccc1F. The number of Topliss-reactive ketones (excluding diaryl/α,β-unsaturated/α-hetero) is 1. The summed E-state index contributed by atoms with van der Waals surface area (Å²) in [4.78, 5) is 27.8. The van der Waals surface area contributed by atoms with Crippen LogP contribution in [-0.4, -0.2) is 31.9 Å². The first-order chi connectivity index (χ1) is 16.0. The van der Waals surface area contributed by atoms with Gasteiger partial charge in [0.2, 0.25) is 0 Å². The zero-order chi connectivity index (χ0) is 23.4. The van der Waals surface area contributed by atoms with Crippen molar-refractivity contribution in [3.05, 3.63) is 65.7 Å². The Morgan fingerprint density at radius 3 is 2.64 bits per heavy atom. The fourth-order valence-corrected chi connectivity index (χ4v) is 4.54. The zero-order valence-corrected chi connectivity index (χ0v) is 18.3. The van der Waals surface area contributed by atoms with E-state index in [4.69, 9.17) is 6.42 Å². The van der Waals surface area contributed by atoms with Crippen molar-refractivity contribution >= 4 is 17.4 Å². The summed E-state index contributed by atoms with van der Waals surface area (Å²) < 4.78 is 16.4. The first-order valence-electron chi connectivity index (χ1n) is 10.9. The van der Waals surface area contributed by atoms with E-state index in [1.807, 2.05) is 6.92 Å². The van der Waals surface area contributed by atoms with Gasteiger partial charge in [0, 0.05) is 17.7 Å². The molecule has 0 aliphatic heterocycles. The van der Waals surface area contributed by atoms with E-state index in [9.17, 15) is 14.0 Å². The molecule has 0 N–H and O–H groups in total. The third kappa shape index (κ3) is 4.67. The van der Waals surface area contributed by atoms with E-state index in [-0.39, 0.29) is 23.7 Å². The number of rotatable bonds is 7. The van der Waals surface area contributed by atoms with Gasteiger partial charge < -0.3 is 0 Å². The van der Waals surface area contributed by atoms with Gasteiger partial charge in [-0.3, -0.25) is 14.5 Å². The van der Waals surface area contributed by atoms with Crippen LogP contribution in [0.4, 0.5) is 10.1 Å². The molecule has 7 nitrogen and oxygen atoms in total. The van der Waals surface area contributed by atoms with E-state index in [2.05, 4.69) is 21.4 Å². The highest BCUT2D eigenvalue weighted by Gasteiger charge is 2.35. The smallest absolute Gasteiger partial charge is 0.297 e. The third-order valence-corrected chi connectivity index (χ3v) is 6.12. The summed E-state index contributed by atoms with van der Waals surface area (Å²) in [7, 11) is 0. The molecule has 1 saturated carbocycles. The molecule has 3 aromatic rings. The van der Waals surface area contributed by atoms with E-state index in [1.54, 1.807) is 30.3 Å². The maximum Gasteiger partial charge on any atom is 0.303 e. The Morgan fingerprint density at radius 2 is 2.00 bits per heavy atom. The van der Waals surface area contributed by atoms with Crippen LogP contribution in [0.15, 0.2) is 48.8 Å². The minimum Gasteiger partial charge on any atom is -0.297 e. The number of aromatic nitrogens is 4. The Bertz CT molecular complexity index is 1200. The quantitative estimate of drug-likeness (QED) is 0.514. The molecule has 1 aliphatic carbocycles. The predicted octanol–water partition coefficient (Wildman–Crippen LogP) is 3.97. The molecular weight excluding hydrogens is 421 g/mol. The Hall–Kier alpha value is -3.86. The van der Waals surface area contributed by atoms with Gasteiger partial charge in [0.1, 0.15) is 18.2 Å². The predicted molar refractivity (Wildman–Crippen MR) is 121 cm³/mol. The van der Waals surface area contributed by atoms with Gasteiger partial charge in [-0.05, 0) is 59.0 Å². The molecule has 1 atom stereocenters. The van der Waals surface area contributed by atoms with E-state index < -0.39 is 17.8 Å². The third-order valence-electron chi connectivity index (χ3n) is 6.12. The number of nitrogens with zero attached hydrogens (tertiary/aromatic N) is 5. The summed E-state index contributed by atoms with van der Waals surface area (Å²) in [5, 5.41) is 11.2. The second-order valence-corrected chi connectivity index (χ2v) is 8.29. The van der Waals surface area contributed by atoms with Gasteiger partial charge in [-0.25, -0.2) is 9.07 Å². The molecule has 0 spiro atoms. The van der Waals surface area contributed by atoms with Crippen molar-refractivity contribution in [1.82, 2.24) is 20.2 Å². The second kappa shape index (κ2) is 9.74. The zero-order valence-electron chi connectivity index (χ0n) is 18.3. The summed E-state index contributed by atoms with van der Waals surface area (Å²) in [6, 6.07) is 9.99. The van der Waals surface area contributed by atoms with Gasteiger partial charge in [0.05, 0.1) is 5.69 Å². The van der Waals surface area contributed by atoms with Crippen LogP contribution >= 0.6 is 0 Å². The lowest BCUT2D eigenvalue weighted by molar-refractivity contribution is -0.124. The molecule has 2 aromatic carbocycles. The number of anilines is 1. The van der Waals surface area contributed by atoms with Crippen molar-refractivity contribution in [1.29, 1.82) is 0 Å². The second-order valence-electron chi connectivity index (χ2n) is 8.29. The number of benzene rings is 2. The topological polar surface area (TPSA) is 81.0 Å². The largest absolute Gasteiger partial charge is 0.303 e. The van der Waals surface area contributed by atoms with Gasteiger partial charge in [-0.15, -0.1) is 11.5 Å². The number of hydrogen-bond donors (Lipinski definition) is 0. The van der Waals surface area contributed by atoms with Crippen molar-refractivity contribution in [3.8, 4) is 18.0 Å². The molecule has 4 rings (SSSR count). The van der Waals surface area contributed by atoms with E-state index >= 15 is 0 Å². The molecule has 33 heavy (non-hydrogen) atoms. The standard InChI is InChI=1S/C25H24FN5O2/c1-3-24(33)31(19-12-13-22(17(2)14-19)30-16-27-28-29-30)25(20-10-6-7-11-21(20)26)23(32)15-18-8-4-5-9-18/h1,6-7,10-14,16,18,25H,4-5,8-9,15H2,2H3. The van der Waals surface area contributed by atoms with Crippen molar-refractivity contribution in [2.45, 2.75) is 45.1 Å². The number of hydrogen-bond acceptors (Lipinski definition) is 5. The molecule has 1 aromatic heterocycles. The first-order valence-corrected chi connectivity index (χ1v) is 10.9. The van der Waals surface area contributed by atoms with Crippen LogP contribution in [0.5, 0.6) is 0 Å². The lowest BCUT2D eigenvalue weighted by Gasteiger charge is -2.31. The summed E-state index contributed by atoms with van der Waals surface area (Å²) in [6.07, 6.45) is 11.3. The van der Waals surface area contributed by atoms with Gasteiger partial charge in [-0.2, -0.15) is 0 Å². The summed E-state index contributed by atoms with van der Waals surface area (Å²) in [6.45, 7) is 1.83. The van der Waals surface area contributed by atoms with Gasteiger partial charge in [0.15, 0.2) is 5.78 Å². The van der Waals surface area contributed by atoms with Crippen molar-refractivity contribution in [3.63, 3.8) is 0 Å². The van der Waals surface area contributed by atoms with Crippen molar-refractivity contribution in [2.75, 3.05) is 4.90 Å². The van der Waals surface area contributed by atoms with Gasteiger partial charge in [-0.1, -0.05) is 43.9 Å². The lowest BCUT2D eigenvalue weighted by atomic mass is 9.91. The average Bonchev–Trinajstić information content (AvgIpc) is 3.52. The number of carbonyl (C=O) groups is 2. The average molecular weight is 445 g/mol. The first kappa shape index (κ1) is 22.3. The van der Waals surface area contributed by atoms with Gasteiger partial charge >= 0.3 is 5.91 Å². The minimum atomic E-state index is -1.16. The van der Waals surface area contributed by atoms with Crippen LogP contribution < -0.4 is 4.90 Å². The van der Waals surface area contributed by atoms with Crippen LogP contribution in [0.2, 0.25) is 0 Å². The summed E-state index contributed by atoms with van der Waals surface area (Å²) in [5.74, 6) is 0.862. The Labute approximate surface area is 191 Å². The number of ketones is 1. The number of terminal acetylenes is 1. The monoisotopic (exact) mass is 445 g/mol. The highest BCUT2D eigenvalue weighted by Crippen LogP contribution is 2.35.